The summed E-state index contributed by atoms with van der Waals surface area (Å²) in [6, 6.07) is 9.12. The summed E-state index contributed by atoms with van der Waals surface area (Å²) in [5.74, 6) is 0.314. The van der Waals surface area contributed by atoms with Gasteiger partial charge in [-0.25, -0.2) is 9.78 Å². The Morgan fingerprint density at radius 3 is 2.70 bits per heavy atom. The Hall–Kier alpha value is -2.63. The highest BCUT2D eigenvalue weighted by atomic mass is 16.2. The number of hydrogen-bond donors (Lipinski definition) is 1. The molecule has 6 nitrogen and oxygen atoms in total. The van der Waals surface area contributed by atoms with Gasteiger partial charge in [-0.05, 0) is 5.56 Å². The van der Waals surface area contributed by atoms with Crippen molar-refractivity contribution >= 4 is 11.9 Å². The lowest BCUT2D eigenvalue weighted by Crippen LogP contribution is -2.34. The quantitative estimate of drug-likeness (QED) is 0.916. The zero-order chi connectivity index (χ0) is 14.1. The van der Waals surface area contributed by atoms with Crippen LogP contribution in [0, 0.1) is 0 Å². The largest absolute Gasteiger partial charge is 0.385 e. The molecule has 1 unspecified atom stereocenters. The third-order valence-electron chi connectivity index (χ3n) is 3.39. The van der Waals surface area contributed by atoms with Crippen molar-refractivity contribution in [1.29, 1.82) is 0 Å². The van der Waals surface area contributed by atoms with Crippen LogP contribution in [0.5, 0.6) is 0 Å². The molecule has 1 aromatic heterocycles. The number of carbonyl (C=O) groups excluding carboxylic acids is 1. The van der Waals surface area contributed by atoms with Crippen molar-refractivity contribution in [2.24, 2.45) is 17.8 Å². The molecule has 1 aliphatic rings. The number of hydrogen-bond acceptors (Lipinski definition) is 3. The summed E-state index contributed by atoms with van der Waals surface area (Å²) in [7, 11) is 1.87. The monoisotopic (exact) mass is 269 g/mol. The highest BCUT2D eigenvalue weighted by Gasteiger charge is 2.36. The summed E-state index contributed by atoms with van der Waals surface area (Å²) in [5.41, 5.74) is 7.81. The van der Waals surface area contributed by atoms with E-state index in [9.17, 15) is 4.79 Å². The molecule has 0 saturated heterocycles. The van der Waals surface area contributed by atoms with Crippen molar-refractivity contribution in [3.8, 4) is 0 Å². The smallest absolute Gasteiger partial charge is 0.346 e. The van der Waals surface area contributed by atoms with E-state index in [1.165, 1.54) is 0 Å². The molecule has 2 N–H and O–H groups in total. The molecule has 0 spiro atoms. The average molecular weight is 269 g/mol. The third kappa shape index (κ3) is 2.05. The number of urea groups is 1. The van der Waals surface area contributed by atoms with E-state index in [0.29, 0.717) is 12.4 Å². The zero-order valence-corrected chi connectivity index (χ0v) is 11.1. The van der Waals surface area contributed by atoms with Crippen LogP contribution >= 0.6 is 0 Å². The Morgan fingerprint density at radius 1 is 1.30 bits per heavy atom. The lowest BCUT2D eigenvalue weighted by molar-refractivity contribution is 0.202. The normalized spacial score (nSPS) is 18.4. The minimum Gasteiger partial charge on any atom is -0.385 e. The van der Waals surface area contributed by atoms with Gasteiger partial charge in [-0.1, -0.05) is 30.3 Å². The van der Waals surface area contributed by atoms with E-state index in [0.717, 1.165) is 11.3 Å². The Morgan fingerprint density at radius 2 is 2.05 bits per heavy atom. The number of carbonyl (C=O) groups is 1. The molecule has 6 heteroatoms. The molecule has 0 bridgehead atoms. The van der Waals surface area contributed by atoms with Crippen molar-refractivity contribution in [1.82, 2.24) is 14.5 Å². The van der Waals surface area contributed by atoms with Gasteiger partial charge < -0.3 is 15.2 Å². The van der Waals surface area contributed by atoms with E-state index < -0.39 is 0 Å². The van der Waals surface area contributed by atoms with Crippen LogP contribution in [0.3, 0.4) is 0 Å². The van der Waals surface area contributed by atoms with Gasteiger partial charge in [0.25, 0.3) is 0 Å². The van der Waals surface area contributed by atoms with E-state index in [2.05, 4.69) is 9.98 Å². The summed E-state index contributed by atoms with van der Waals surface area (Å²) in [5, 5.41) is 0. The van der Waals surface area contributed by atoms with Crippen molar-refractivity contribution in [2.75, 3.05) is 0 Å². The molecule has 0 fully saturated rings. The Bertz CT molecular complexity index is 661. The molecular weight excluding hydrogens is 254 g/mol. The summed E-state index contributed by atoms with van der Waals surface area (Å²) in [4.78, 5) is 21.7. The molecule has 20 heavy (non-hydrogen) atoms. The second kappa shape index (κ2) is 4.80. The van der Waals surface area contributed by atoms with E-state index in [1.807, 2.05) is 41.9 Å². The second-order valence-electron chi connectivity index (χ2n) is 4.76. The number of aryl methyl sites for hydroxylation is 1. The zero-order valence-electron chi connectivity index (χ0n) is 11.1. The van der Waals surface area contributed by atoms with Crippen molar-refractivity contribution < 1.29 is 4.79 Å². The van der Waals surface area contributed by atoms with Gasteiger partial charge in [0.15, 0.2) is 0 Å². The number of benzene rings is 1. The molecule has 3 rings (SSSR count). The van der Waals surface area contributed by atoms with E-state index in [1.54, 1.807) is 17.4 Å². The van der Waals surface area contributed by atoms with Gasteiger partial charge in [0.2, 0.25) is 0 Å². The molecule has 2 aromatic rings. The van der Waals surface area contributed by atoms with Gasteiger partial charge in [0.05, 0.1) is 18.2 Å². The number of aromatic nitrogens is 2. The SMILES string of the molecule is Cn1cncc1C1C(N)=NC(=O)N1Cc1ccccc1. The first-order chi connectivity index (χ1) is 9.66. The fourth-order valence-electron chi connectivity index (χ4n) is 2.39. The van der Waals surface area contributed by atoms with Crippen LogP contribution in [-0.2, 0) is 13.6 Å². The van der Waals surface area contributed by atoms with Gasteiger partial charge in [0, 0.05) is 13.6 Å². The molecule has 0 aliphatic carbocycles. The number of rotatable bonds is 3. The number of aliphatic imine (C=N–C) groups is 1. The minimum absolute atomic E-state index is 0.308. The van der Waals surface area contributed by atoms with E-state index in [-0.39, 0.29) is 12.1 Å². The summed E-state index contributed by atoms with van der Waals surface area (Å²) in [6.45, 7) is 0.472. The predicted octanol–water partition coefficient (Wildman–Crippen LogP) is 1.45. The van der Waals surface area contributed by atoms with Crippen molar-refractivity contribution in [3.05, 3.63) is 54.1 Å². The van der Waals surface area contributed by atoms with Gasteiger partial charge in [-0.2, -0.15) is 4.99 Å². The molecule has 1 aromatic carbocycles. The first-order valence-electron chi connectivity index (χ1n) is 6.31. The average Bonchev–Trinajstić information content (AvgIpc) is 2.95. The van der Waals surface area contributed by atoms with E-state index in [4.69, 9.17) is 5.73 Å². The molecular formula is C14H15N5O. The first-order valence-corrected chi connectivity index (χ1v) is 6.31. The Kier molecular flexibility index (Phi) is 2.98. The molecule has 2 amide bonds. The molecule has 0 radical (unpaired) electrons. The highest BCUT2D eigenvalue weighted by molar-refractivity contribution is 6.03. The summed E-state index contributed by atoms with van der Waals surface area (Å²) >= 11 is 0. The second-order valence-corrected chi connectivity index (χ2v) is 4.76. The molecule has 0 saturated carbocycles. The van der Waals surface area contributed by atoms with Gasteiger partial charge >= 0.3 is 6.03 Å². The van der Waals surface area contributed by atoms with Crippen LogP contribution in [0.15, 0.2) is 47.8 Å². The fraction of sp³-hybridized carbons (Fsp3) is 0.214. The fourth-order valence-corrected chi connectivity index (χ4v) is 2.39. The summed E-state index contributed by atoms with van der Waals surface area (Å²) in [6.07, 6.45) is 3.40. The van der Waals surface area contributed by atoms with Crippen molar-refractivity contribution in [2.45, 2.75) is 12.6 Å². The highest BCUT2D eigenvalue weighted by Crippen LogP contribution is 2.28. The molecule has 1 atom stereocenters. The molecule has 2 heterocycles. The number of imidazole rings is 1. The van der Waals surface area contributed by atoms with Crippen LogP contribution in [0.25, 0.3) is 0 Å². The lowest BCUT2D eigenvalue weighted by Gasteiger charge is -2.24. The van der Waals surface area contributed by atoms with Crippen LogP contribution in [0.1, 0.15) is 17.3 Å². The summed E-state index contributed by atoms with van der Waals surface area (Å²) < 4.78 is 1.85. The van der Waals surface area contributed by atoms with Gasteiger partial charge in [0.1, 0.15) is 11.9 Å². The minimum atomic E-state index is -0.352. The van der Waals surface area contributed by atoms with Gasteiger partial charge in [-0.15, -0.1) is 0 Å². The first kappa shape index (κ1) is 12.4. The Labute approximate surface area is 116 Å². The van der Waals surface area contributed by atoms with Crippen molar-refractivity contribution in [3.63, 3.8) is 0 Å². The predicted molar refractivity (Wildman–Crippen MR) is 75.0 cm³/mol. The molecule has 102 valence electrons. The van der Waals surface area contributed by atoms with Gasteiger partial charge in [-0.3, -0.25) is 0 Å². The molecule has 1 aliphatic heterocycles. The van der Waals surface area contributed by atoms with Crippen LogP contribution < -0.4 is 5.73 Å². The third-order valence-corrected chi connectivity index (χ3v) is 3.39. The van der Waals surface area contributed by atoms with Crippen LogP contribution in [0.4, 0.5) is 4.79 Å². The number of nitrogens with zero attached hydrogens (tertiary/aromatic N) is 4. The van der Waals surface area contributed by atoms with Crippen LogP contribution in [-0.4, -0.2) is 26.3 Å². The maximum Gasteiger partial charge on any atom is 0.346 e. The number of amides is 2. The maximum atomic E-state index is 12.0. The standard InChI is InChI=1S/C14H15N5O/c1-18-9-16-7-11(18)12-13(15)17-14(20)19(12)8-10-5-3-2-4-6-10/h2-7,9,12H,8H2,1H3,(H2,15,17,20). The van der Waals surface area contributed by atoms with Crippen LogP contribution in [0.2, 0.25) is 0 Å². The topological polar surface area (TPSA) is 76.5 Å². The number of nitrogens with two attached hydrogens (primary N) is 1. The lowest BCUT2D eigenvalue weighted by atomic mass is 10.1. The van der Waals surface area contributed by atoms with E-state index >= 15 is 0 Å². The maximum absolute atomic E-state index is 12.0. The number of amidine groups is 1. The Balaban J connectivity index is 1.93.